The van der Waals surface area contributed by atoms with Crippen molar-refractivity contribution in [3.63, 3.8) is 0 Å². The quantitative estimate of drug-likeness (QED) is 0.843. The van der Waals surface area contributed by atoms with E-state index < -0.39 is 0 Å². The fourth-order valence-electron chi connectivity index (χ4n) is 2.18. The van der Waals surface area contributed by atoms with E-state index in [4.69, 9.17) is 5.73 Å². The molecule has 1 saturated carbocycles. The molecule has 2 rings (SSSR count). The third-order valence-corrected chi connectivity index (χ3v) is 3.21. The van der Waals surface area contributed by atoms with Crippen LogP contribution in [0.25, 0.3) is 0 Å². The summed E-state index contributed by atoms with van der Waals surface area (Å²) >= 11 is 0. The van der Waals surface area contributed by atoms with E-state index in [1.54, 1.807) is 19.3 Å². The number of carbonyl (C=O) groups is 2. The minimum atomic E-state index is -0.174. The highest BCUT2D eigenvalue weighted by Gasteiger charge is 2.29. The van der Waals surface area contributed by atoms with Crippen molar-refractivity contribution in [3.05, 3.63) is 18.0 Å². The molecule has 0 aliphatic heterocycles. The molecule has 0 aromatic carbocycles. The maximum Gasteiger partial charge on any atom is 0.270 e. The van der Waals surface area contributed by atoms with Crippen molar-refractivity contribution < 1.29 is 9.59 Å². The van der Waals surface area contributed by atoms with Gasteiger partial charge in [0.25, 0.3) is 5.91 Å². The zero-order valence-corrected chi connectivity index (χ0v) is 12.2. The van der Waals surface area contributed by atoms with Gasteiger partial charge in [0.05, 0.1) is 12.2 Å². The van der Waals surface area contributed by atoms with Crippen LogP contribution in [0, 0.1) is 0 Å². The van der Waals surface area contributed by atoms with E-state index in [0.29, 0.717) is 17.4 Å². The predicted molar refractivity (Wildman–Crippen MR) is 77.4 cm³/mol. The molecule has 1 fully saturated rings. The topological polar surface area (TPSA) is 80.4 Å². The molecule has 110 valence electrons. The van der Waals surface area contributed by atoms with Gasteiger partial charge in [0, 0.05) is 25.3 Å². The number of nitrogens with zero attached hydrogens (tertiary/aromatic N) is 2. The number of carbonyl (C=O) groups excluding carboxylic acids is 2. The number of nitrogen functional groups attached to an aromatic ring is 1. The van der Waals surface area contributed by atoms with Crippen LogP contribution < -0.4 is 11.1 Å². The molecule has 6 nitrogen and oxygen atoms in total. The molecule has 1 aliphatic carbocycles. The van der Waals surface area contributed by atoms with E-state index in [-0.39, 0.29) is 24.4 Å². The van der Waals surface area contributed by atoms with Crippen LogP contribution in [0.5, 0.6) is 0 Å². The molecular formula is C14H22N4O2. The molecule has 0 saturated heterocycles. The molecule has 6 heteroatoms. The third kappa shape index (κ3) is 3.31. The second-order valence-electron chi connectivity index (χ2n) is 5.68. The average molecular weight is 278 g/mol. The lowest BCUT2D eigenvalue weighted by Gasteiger charge is -2.18. The lowest BCUT2D eigenvalue weighted by molar-refractivity contribution is -0.122. The van der Waals surface area contributed by atoms with Crippen LogP contribution in [0.3, 0.4) is 0 Å². The molecule has 2 amide bonds. The average Bonchev–Trinajstić information content (AvgIpc) is 3.10. The van der Waals surface area contributed by atoms with Gasteiger partial charge in [-0.05, 0) is 32.8 Å². The second kappa shape index (κ2) is 5.56. The molecular weight excluding hydrogens is 256 g/mol. The van der Waals surface area contributed by atoms with E-state index in [9.17, 15) is 9.59 Å². The standard InChI is InChI=1S/C14H22N4O2/c1-9(2)16-13(19)8-17(3)14(20)12-6-10(15)7-18(12)11-4-5-11/h6-7,9,11H,4-5,8,15H2,1-3H3,(H,16,19). The smallest absolute Gasteiger partial charge is 0.270 e. The highest BCUT2D eigenvalue weighted by molar-refractivity contribution is 5.96. The van der Waals surface area contributed by atoms with Gasteiger partial charge < -0.3 is 20.5 Å². The van der Waals surface area contributed by atoms with Gasteiger partial charge in [0.15, 0.2) is 0 Å². The van der Waals surface area contributed by atoms with Crippen molar-refractivity contribution >= 4 is 17.5 Å². The van der Waals surface area contributed by atoms with E-state index in [1.165, 1.54) is 4.90 Å². The van der Waals surface area contributed by atoms with Crippen molar-refractivity contribution in [3.8, 4) is 0 Å². The number of hydrogen-bond acceptors (Lipinski definition) is 3. The molecule has 20 heavy (non-hydrogen) atoms. The molecule has 0 unspecified atom stereocenters. The SMILES string of the molecule is CC(C)NC(=O)CN(C)C(=O)c1cc(N)cn1C1CC1. The van der Waals surface area contributed by atoms with E-state index in [1.807, 2.05) is 18.4 Å². The molecule has 3 N–H and O–H groups in total. The summed E-state index contributed by atoms with van der Waals surface area (Å²) in [5.41, 5.74) is 6.92. The summed E-state index contributed by atoms with van der Waals surface area (Å²) in [4.78, 5) is 25.5. The van der Waals surface area contributed by atoms with Crippen LogP contribution in [0.1, 0.15) is 43.2 Å². The summed E-state index contributed by atoms with van der Waals surface area (Å²) in [5.74, 6) is -0.333. The number of anilines is 1. The Balaban J connectivity index is 2.05. The van der Waals surface area contributed by atoms with Crippen LogP contribution in [0.2, 0.25) is 0 Å². The Morgan fingerprint density at radius 3 is 2.70 bits per heavy atom. The Morgan fingerprint density at radius 2 is 2.15 bits per heavy atom. The monoisotopic (exact) mass is 278 g/mol. The maximum absolute atomic E-state index is 12.4. The summed E-state index contributed by atoms with van der Waals surface area (Å²) in [7, 11) is 1.63. The van der Waals surface area contributed by atoms with Crippen molar-refractivity contribution in [1.82, 2.24) is 14.8 Å². The van der Waals surface area contributed by atoms with E-state index >= 15 is 0 Å². The zero-order chi connectivity index (χ0) is 14.9. The number of nitrogens with one attached hydrogen (secondary N) is 1. The fourth-order valence-corrected chi connectivity index (χ4v) is 2.18. The number of aromatic nitrogens is 1. The van der Waals surface area contributed by atoms with Gasteiger partial charge in [-0.25, -0.2) is 0 Å². The Morgan fingerprint density at radius 1 is 1.50 bits per heavy atom. The summed E-state index contributed by atoms with van der Waals surface area (Å²) in [6, 6.07) is 2.12. The first-order valence-electron chi connectivity index (χ1n) is 6.90. The Kier molecular flexibility index (Phi) is 4.01. The summed E-state index contributed by atoms with van der Waals surface area (Å²) in [6.45, 7) is 3.82. The van der Waals surface area contributed by atoms with Gasteiger partial charge in [0.2, 0.25) is 5.91 Å². The molecule has 0 bridgehead atoms. The highest BCUT2D eigenvalue weighted by Crippen LogP contribution is 2.37. The highest BCUT2D eigenvalue weighted by atomic mass is 16.2. The Bertz CT molecular complexity index is 517. The first-order valence-corrected chi connectivity index (χ1v) is 6.90. The second-order valence-corrected chi connectivity index (χ2v) is 5.68. The summed E-state index contributed by atoms with van der Waals surface area (Å²) in [6.07, 6.45) is 3.95. The van der Waals surface area contributed by atoms with Gasteiger partial charge in [-0.1, -0.05) is 0 Å². The number of amides is 2. The van der Waals surface area contributed by atoms with Crippen LogP contribution in [0.15, 0.2) is 12.3 Å². The summed E-state index contributed by atoms with van der Waals surface area (Å²) in [5, 5.41) is 2.77. The number of rotatable bonds is 5. The third-order valence-electron chi connectivity index (χ3n) is 3.21. The van der Waals surface area contributed by atoms with Crippen molar-refractivity contribution in [1.29, 1.82) is 0 Å². The molecule has 1 aromatic rings. The zero-order valence-electron chi connectivity index (χ0n) is 12.2. The molecule has 0 atom stereocenters. The number of nitrogens with two attached hydrogens (primary N) is 1. The lowest BCUT2D eigenvalue weighted by Crippen LogP contribution is -2.41. The predicted octanol–water partition coefficient (Wildman–Crippen LogP) is 1.00. The van der Waals surface area contributed by atoms with Gasteiger partial charge in [-0.2, -0.15) is 0 Å². The van der Waals surface area contributed by atoms with Crippen LogP contribution in [0.4, 0.5) is 5.69 Å². The minimum absolute atomic E-state index is 0.0484. The number of hydrogen-bond donors (Lipinski definition) is 2. The summed E-state index contributed by atoms with van der Waals surface area (Å²) < 4.78 is 1.93. The van der Waals surface area contributed by atoms with Gasteiger partial charge in [-0.3, -0.25) is 9.59 Å². The maximum atomic E-state index is 12.4. The van der Waals surface area contributed by atoms with Crippen LogP contribution in [-0.4, -0.2) is 40.9 Å². The molecule has 0 spiro atoms. The fraction of sp³-hybridized carbons (Fsp3) is 0.571. The van der Waals surface area contributed by atoms with Gasteiger partial charge in [-0.15, -0.1) is 0 Å². The first kappa shape index (κ1) is 14.4. The molecule has 1 aliphatic rings. The van der Waals surface area contributed by atoms with Crippen molar-refractivity contribution in [2.24, 2.45) is 0 Å². The largest absolute Gasteiger partial charge is 0.397 e. The normalized spacial score (nSPS) is 14.4. The number of likely N-dealkylation sites (N-methyl/N-ethyl adjacent to an activating group) is 1. The Hall–Kier alpha value is -1.98. The van der Waals surface area contributed by atoms with Crippen LogP contribution >= 0.6 is 0 Å². The Labute approximate surface area is 118 Å². The minimum Gasteiger partial charge on any atom is -0.397 e. The van der Waals surface area contributed by atoms with E-state index in [0.717, 1.165) is 12.8 Å². The molecule has 0 radical (unpaired) electrons. The van der Waals surface area contributed by atoms with Crippen molar-refractivity contribution in [2.45, 2.75) is 38.8 Å². The van der Waals surface area contributed by atoms with Crippen molar-refractivity contribution in [2.75, 3.05) is 19.3 Å². The van der Waals surface area contributed by atoms with Gasteiger partial charge >= 0.3 is 0 Å². The van der Waals surface area contributed by atoms with E-state index in [2.05, 4.69) is 5.32 Å². The molecule has 1 aromatic heterocycles. The van der Waals surface area contributed by atoms with Crippen LogP contribution in [-0.2, 0) is 4.79 Å². The molecule has 1 heterocycles. The van der Waals surface area contributed by atoms with Gasteiger partial charge in [0.1, 0.15) is 5.69 Å². The first-order chi connectivity index (χ1) is 9.38. The lowest BCUT2D eigenvalue weighted by atomic mass is 10.3.